The Balaban J connectivity index is 3.22. The Bertz CT molecular complexity index is 372. The number of nitrogens with zero attached hydrogens (tertiary/aromatic N) is 1. The summed E-state index contributed by atoms with van der Waals surface area (Å²) in [6, 6.07) is 4.89. The Morgan fingerprint density at radius 2 is 2.29 bits per heavy atom. The number of aliphatic hydroxyl groups excluding tert-OH is 1. The fourth-order valence-corrected chi connectivity index (χ4v) is 1.21. The van der Waals surface area contributed by atoms with E-state index in [0.29, 0.717) is 5.56 Å². The number of rotatable bonds is 3. The van der Waals surface area contributed by atoms with Gasteiger partial charge in [0, 0.05) is 6.07 Å². The van der Waals surface area contributed by atoms with Crippen LogP contribution < -0.4 is 0 Å². The van der Waals surface area contributed by atoms with E-state index in [1.165, 1.54) is 12.1 Å². The van der Waals surface area contributed by atoms with Crippen molar-refractivity contribution in [1.29, 1.82) is 0 Å². The minimum atomic E-state index is -0.427. The van der Waals surface area contributed by atoms with E-state index in [1.54, 1.807) is 25.1 Å². The van der Waals surface area contributed by atoms with Gasteiger partial charge in [-0.15, -0.1) is 0 Å². The lowest BCUT2D eigenvalue weighted by molar-refractivity contribution is -0.385. The van der Waals surface area contributed by atoms with Crippen LogP contribution in [0.5, 0.6) is 0 Å². The van der Waals surface area contributed by atoms with Gasteiger partial charge in [0.25, 0.3) is 5.69 Å². The van der Waals surface area contributed by atoms with E-state index in [4.69, 9.17) is 5.11 Å². The molecule has 1 aromatic rings. The summed E-state index contributed by atoms with van der Waals surface area (Å²) in [5, 5.41) is 19.2. The van der Waals surface area contributed by atoms with Crippen LogP contribution in [0.15, 0.2) is 24.3 Å². The third-order valence-electron chi connectivity index (χ3n) is 1.89. The van der Waals surface area contributed by atoms with Crippen LogP contribution in [-0.4, -0.2) is 16.6 Å². The highest BCUT2D eigenvalue weighted by Crippen LogP contribution is 2.22. The van der Waals surface area contributed by atoms with Crippen molar-refractivity contribution in [2.45, 2.75) is 6.92 Å². The molecule has 0 radical (unpaired) electrons. The SMILES string of the molecule is Cc1cccc([N+](=O)[O-])c1/C=C/CO. The zero-order valence-electron chi connectivity index (χ0n) is 7.80. The smallest absolute Gasteiger partial charge is 0.276 e. The Morgan fingerprint density at radius 1 is 1.57 bits per heavy atom. The Kier molecular flexibility index (Phi) is 3.36. The van der Waals surface area contributed by atoms with Crippen molar-refractivity contribution < 1.29 is 10.0 Å². The molecule has 0 aliphatic rings. The van der Waals surface area contributed by atoms with E-state index in [9.17, 15) is 10.1 Å². The van der Waals surface area contributed by atoms with Gasteiger partial charge in [-0.3, -0.25) is 10.1 Å². The van der Waals surface area contributed by atoms with Crippen molar-refractivity contribution in [3.63, 3.8) is 0 Å². The highest BCUT2D eigenvalue weighted by molar-refractivity contribution is 5.64. The maximum atomic E-state index is 10.6. The molecule has 0 spiro atoms. The van der Waals surface area contributed by atoms with Crippen molar-refractivity contribution in [1.82, 2.24) is 0 Å². The average Bonchev–Trinajstić information content (AvgIpc) is 2.15. The minimum absolute atomic E-state index is 0.0645. The molecule has 1 aromatic carbocycles. The first-order valence-corrected chi connectivity index (χ1v) is 4.18. The molecule has 14 heavy (non-hydrogen) atoms. The van der Waals surface area contributed by atoms with E-state index >= 15 is 0 Å². The second-order valence-electron chi connectivity index (χ2n) is 2.85. The molecular formula is C10H11NO3. The number of nitro benzene ring substituents is 1. The summed E-state index contributed by atoms with van der Waals surface area (Å²) >= 11 is 0. The molecule has 0 atom stereocenters. The molecule has 0 aliphatic heterocycles. The number of nitro groups is 1. The summed E-state index contributed by atoms with van der Waals surface area (Å²) in [7, 11) is 0. The van der Waals surface area contributed by atoms with Crippen molar-refractivity contribution in [3.05, 3.63) is 45.5 Å². The zero-order valence-corrected chi connectivity index (χ0v) is 7.80. The van der Waals surface area contributed by atoms with Gasteiger partial charge in [0.15, 0.2) is 0 Å². The molecule has 1 rings (SSSR count). The predicted octanol–water partition coefficient (Wildman–Crippen LogP) is 1.91. The first-order valence-electron chi connectivity index (χ1n) is 4.18. The van der Waals surface area contributed by atoms with E-state index in [-0.39, 0.29) is 12.3 Å². The molecule has 0 heterocycles. The molecule has 0 saturated heterocycles. The molecule has 0 aliphatic carbocycles. The van der Waals surface area contributed by atoms with Gasteiger partial charge < -0.3 is 5.11 Å². The quantitative estimate of drug-likeness (QED) is 0.589. The lowest BCUT2D eigenvalue weighted by Crippen LogP contribution is -1.93. The molecule has 4 nitrogen and oxygen atoms in total. The molecule has 0 amide bonds. The number of benzene rings is 1. The van der Waals surface area contributed by atoms with Crippen molar-refractivity contribution in [2.24, 2.45) is 0 Å². The fourth-order valence-electron chi connectivity index (χ4n) is 1.21. The lowest BCUT2D eigenvalue weighted by Gasteiger charge is -2.00. The summed E-state index contributed by atoms with van der Waals surface area (Å²) in [4.78, 5) is 10.2. The highest BCUT2D eigenvalue weighted by Gasteiger charge is 2.11. The van der Waals surface area contributed by atoms with Crippen molar-refractivity contribution in [3.8, 4) is 0 Å². The third kappa shape index (κ3) is 2.17. The zero-order chi connectivity index (χ0) is 10.6. The van der Waals surface area contributed by atoms with Crippen LogP contribution >= 0.6 is 0 Å². The lowest BCUT2D eigenvalue weighted by atomic mass is 10.1. The normalized spacial score (nSPS) is 10.7. The molecule has 74 valence electrons. The van der Waals surface area contributed by atoms with Gasteiger partial charge in [0.1, 0.15) is 0 Å². The topological polar surface area (TPSA) is 63.4 Å². The van der Waals surface area contributed by atoms with Gasteiger partial charge in [0.2, 0.25) is 0 Å². The molecule has 0 saturated carbocycles. The Hall–Kier alpha value is -1.68. The van der Waals surface area contributed by atoms with Crippen LogP contribution in [0, 0.1) is 17.0 Å². The summed E-state index contributed by atoms with van der Waals surface area (Å²) < 4.78 is 0. The number of hydrogen-bond donors (Lipinski definition) is 1. The van der Waals surface area contributed by atoms with E-state index < -0.39 is 4.92 Å². The maximum absolute atomic E-state index is 10.6. The Labute approximate surface area is 81.6 Å². The largest absolute Gasteiger partial charge is 0.392 e. The first-order chi connectivity index (χ1) is 6.66. The van der Waals surface area contributed by atoms with Gasteiger partial charge in [-0.25, -0.2) is 0 Å². The number of aliphatic hydroxyl groups is 1. The number of aryl methyl sites for hydroxylation is 1. The minimum Gasteiger partial charge on any atom is -0.392 e. The molecule has 4 heteroatoms. The summed E-state index contributed by atoms with van der Waals surface area (Å²) in [6.07, 6.45) is 3.04. The third-order valence-corrected chi connectivity index (χ3v) is 1.89. The van der Waals surface area contributed by atoms with Gasteiger partial charge in [-0.1, -0.05) is 18.2 Å². The van der Waals surface area contributed by atoms with E-state index in [2.05, 4.69) is 0 Å². The molecule has 0 aromatic heterocycles. The van der Waals surface area contributed by atoms with Gasteiger partial charge >= 0.3 is 0 Å². The maximum Gasteiger partial charge on any atom is 0.276 e. The van der Waals surface area contributed by atoms with Crippen LogP contribution in [0.3, 0.4) is 0 Å². The van der Waals surface area contributed by atoms with Gasteiger partial charge in [-0.2, -0.15) is 0 Å². The summed E-state index contributed by atoms with van der Waals surface area (Å²) in [5.41, 5.74) is 1.44. The highest BCUT2D eigenvalue weighted by atomic mass is 16.6. The second kappa shape index (κ2) is 4.53. The molecule has 0 bridgehead atoms. The molecular weight excluding hydrogens is 182 g/mol. The van der Waals surface area contributed by atoms with Crippen LogP contribution in [0.4, 0.5) is 5.69 Å². The average molecular weight is 193 g/mol. The van der Waals surface area contributed by atoms with Crippen LogP contribution in [0.1, 0.15) is 11.1 Å². The second-order valence-corrected chi connectivity index (χ2v) is 2.85. The van der Waals surface area contributed by atoms with Gasteiger partial charge in [0.05, 0.1) is 17.1 Å². The van der Waals surface area contributed by atoms with Crippen LogP contribution in [-0.2, 0) is 0 Å². The summed E-state index contributed by atoms with van der Waals surface area (Å²) in [5.74, 6) is 0. The van der Waals surface area contributed by atoms with E-state index in [1.807, 2.05) is 0 Å². The Morgan fingerprint density at radius 3 is 2.86 bits per heavy atom. The molecule has 0 fully saturated rings. The fraction of sp³-hybridized carbons (Fsp3) is 0.200. The number of hydrogen-bond acceptors (Lipinski definition) is 3. The first kappa shape index (κ1) is 10.4. The van der Waals surface area contributed by atoms with Gasteiger partial charge in [-0.05, 0) is 18.6 Å². The van der Waals surface area contributed by atoms with Crippen molar-refractivity contribution >= 4 is 11.8 Å². The van der Waals surface area contributed by atoms with Crippen LogP contribution in [0.25, 0.3) is 6.08 Å². The van der Waals surface area contributed by atoms with Crippen LogP contribution in [0.2, 0.25) is 0 Å². The predicted molar refractivity (Wildman–Crippen MR) is 54.0 cm³/mol. The molecule has 0 unspecified atom stereocenters. The van der Waals surface area contributed by atoms with Crippen molar-refractivity contribution in [2.75, 3.05) is 6.61 Å². The van der Waals surface area contributed by atoms with E-state index in [0.717, 1.165) is 5.56 Å². The summed E-state index contributed by atoms with van der Waals surface area (Å²) in [6.45, 7) is 1.68. The monoisotopic (exact) mass is 193 g/mol. The standard InChI is InChI=1S/C10H11NO3/c1-8-4-2-6-10(11(13)14)9(8)5-3-7-12/h2-6,12H,7H2,1H3/b5-3+. The molecule has 1 N–H and O–H groups in total.